The Balaban J connectivity index is 1.17. The standard InChI is InChI=1S/C29H32N8/c1-4-37-12-11-24-25(16-37)32-29(31-24)21-9-7-20(13-17(21)2)28-33-26(36(3)35-28)14-19-8-10-23-22(15-30-34-23)27(19)18-5-6-18/h7-10,13,15,18H,4-6,11-12,14,16H2,1-3H3,(H,30,34)(H,31,32). The van der Waals surface area contributed by atoms with E-state index in [2.05, 4.69) is 64.3 Å². The van der Waals surface area contributed by atoms with Gasteiger partial charge in [-0.05, 0) is 61.1 Å². The minimum absolute atomic E-state index is 0.636. The van der Waals surface area contributed by atoms with Crippen LogP contribution in [0.25, 0.3) is 33.7 Å². The Morgan fingerprint density at radius 2 is 2.00 bits per heavy atom. The minimum atomic E-state index is 0.636. The molecule has 0 amide bonds. The molecule has 0 spiro atoms. The van der Waals surface area contributed by atoms with Gasteiger partial charge in [0.2, 0.25) is 0 Å². The Morgan fingerprint density at radius 1 is 1.11 bits per heavy atom. The smallest absolute Gasteiger partial charge is 0.181 e. The molecular weight excluding hydrogens is 460 g/mol. The quantitative estimate of drug-likeness (QED) is 0.352. The number of H-pyrrole nitrogens is 2. The second-order valence-electron chi connectivity index (χ2n) is 10.6. The molecule has 1 aliphatic carbocycles. The SMILES string of the molecule is CCN1CCc2nc(-c3ccc(-c4nc(Cc5ccc6[nH]ncc6c5C5CC5)n(C)n4)cc3C)[nH]c2C1. The average molecular weight is 493 g/mol. The highest BCUT2D eigenvalue weighted by Gasteiger charge is 2.29. The fourth-order valence-electron chi connectivity index (χ4n) is 5.77. The van der Waals surface area contributed by atoms with Crippen LogP contribution in [0.5, 0.6) is 0 Å². The third-order valence-corrected chi connectivity index (χ3v) is 8.04. The molecule has 1 fully saturated rings. The van der Waals surface area contributed by atoms with Crippen molar-refractivity contribution in [1.29, 1.82) is 0 Å². The van der Waals surface area contributed by atoms with Crippen molar-refractivity contribution >= 4 is 10.9 Å². The molecule has 1 aliphatic heterocycles. The Morgan fingerprint density at radius 3 is 2.81 bits per heavy atom. The van der Waals surface area contributed by atoms with Crippen LogP contribution in [0.4, 0.5) is 0 Å². The van der Waals surface area contributed by atoms with E-state index in [-0.39, 0.29) is 0 Å². The van der Waals surface area contributed by atoms with Crippen molar-refractivity contribution in [2.45, 2.75) is 52.0 Å². The van der Waals surface area contributed by atoms with E-state index in [0.717, 1.165) is 66.6 Å². The van der Waals surface area contributed by atoms with Gasteiger partial charge in [-0.3, -0.25) is 14.7 Å². The number of hydrogen-bond donors (Lipinski definition) is 2. The van der Waals surface area contributed by atoms with E-state index in [1.165, 1.54) is 46.3 Å². The fourth-order valence-corrected chi connectivity index (χ4v) is 5.77. The summed E-state index contributed by atoms with van der Waals surface area (Å²) in [4.78, 5) is 16.0. The third kappa shape index (κ3) is 3.96. The predicted molar refractivity (Wildman–Crippen MR) is 144 cm³/mol. The summed E-state index contributed by atoms with van der Waals surface area (Å²) < 4.78 is 1.93. The van der Waals surface area contributed by atoms with Gasteiger partial charge >= 0.3 is 0 Å². The van der Waals surface area contributed by atoms with Crippen LogP contribution in [-0.2, 0) is 26.4 Å². The number of likely N-dealkylation sites (N-methyl/N-ethyl adjacent to an activating group) is 1. The van der Waals surface area contributed by atoms with Crippen molar-refractivity contribution in [1.82, 2.24) is 39.8 Å². The maximum Gasteiger partial charge on any atom is 0.181 e. The van der Waals surface area contributed by atoms with E-state index in [1.54, 1.807) is 0 Å². The van der Waals surface area contributed by atoms with Crippen LogP contribution in [0.1, 0.15) is 59.6 Å². The van der Waals surface area contributed by atoms with Gasteiger partial charge in [0.25, 0.3) is 0 Å². The monoisotopic (exact) mass is 492 g/mol. The second-order valence-corrected chi connectivity index (χ2v) is 10.6. The fraction of sp³-hybridized carbons (Fsp3) is 0.379. The first-order valence-electron chi connectivity index (χ1n) is 13.3. The highest BCUT2D eigenvalue weighted by atomic mass is 15.3. The minimum Gasteiger partial charge on any atom is -0.341 e. The molecule has 1 saturated carbocycles. The van der Waals surface area contributed by atoms with Gasteiger partial charge < -0.3 is 4.98 Å². The molecular formula is C29H32N8. The first-order valence-corrected chi connectivity index (χ1v) is 13.3. The van der Waals surface area contributed by atoms with Crippen LogP contribution < -0.4 is 0 Å². The average Bonchev–Trinajstić information content (AvgIpc) is 3.29. The molecule has 37 heavy (non-hydrogen) atoms. The summed E-state index contributed by atoms with van der Waals surface area (Å²) in [5.41, 5.74) is 9.67. The predicted octanol–water partition coefficient (Wildman–Crippen LogP) is 4.90. The summed E-state index contributed by atoms with van der Waals surface area (Å²) in [6.45, 7) is 7.46. The maximum atomic E-state index is 4.98. The van der Waals surface area contributed by atoms with Crippen molar-refractivity contribution in [3.05, 3.63) is 70.4 Å². The number of aromatic amines is 2. The molecule has 0 saturated heterocycles. The van der Waals surface area contributed by atoms with E-state index in [0.29, 0.717) is 5.92 Å². The summed E-state index contributed by atoms with van der Waals surface area (Å²) in [5.74, 6) is 3.34. The van der Waals surface area contributed by atoms with Crippen molar-refractivity contribution in [3.8, 4) is 22.8 Å². The van der Waals surface area contributed by atoms with E-state index in [9.17, 15) is 0 Å². The Bertz CT molecular complexity index is 1620. The molecule has 7 rings (SSSR count). The van der Waals surface area contributed by atoms with Crippen LogP contribution in [0.2, 0.25) is 0 Å². The molecule has 3 aromatic heterocycles. The zero-order valence-corrected chi connectivity index (χ0v) is 21.7. The first kappa shape index (κ1) is 22.4. The zero-order chi connectivity index (χ0) is 25.1. The van der Waals surface area contributed by atoms with Gasteiger partial charge in [-0.1, -0.05) is 25.1 Å². The van der Waals surface area contributed by atoms with Gasteiger partial charge in [0.1, 0.15) is 11.6 Å². The topological polar surface area (TPSA) is 91.3 Å². The Hall–Kier alpha value is -3.78. The van der Waals surface area contributed by atoms with Crippen molar-refractivity contribution < 1.29 is 0 Å². The number of nitrogens with zero attached hydrogens (tertiary/aromatic N) is 6. The van der Waals surface area contributed by atoms with Crippen LogP contribution >= 0.6 is 0 Å². The van der Waals surface area contributed by atoms with Crippen LogP contribution in [-0.4, -0.2) is 52.9 Å². The van der Waals surface area contributed by atoms with E-state index >= 15 is 0 Å². The molecule has 0 atom stereocenters. The lowest BCUT2D eigenvalue weighted by atomic mass is 9.96. The molecule has 0 unspecified atom stereocenters. The molecule has 0 bridgehead atoms. The summed E-state index contributed by atoms with van der Waals surface area (Å²) in [5, 5.41) is 13.4. The van der Waals surface area contributed by atoms with Crippen molar-refractivity contribution in [2.24, 2.45) is 7.05 Å². The third-order valence-electron chi connectivity index (χ3n) is 8.04. The van der Waals surface area contributed by atoms with E-state index < -0.39 is 0 Å². The van der Waals surface area contributed by atoms with E-state index in [1.807, 2.05) is 17.9 Å². The number of aryl methyl sites for hydroxylation is 2. The number of nitrogens with one attached hydrogen (secondary N) is 2. The molecule has 2 aliphatic rings. The van der Waals surface area contributed by atoms with Crippen molar-refractivity contribution in [3.63, 3.8) is 0 Å². The highest BCUT2D eigenvalue weighted by molar-refractivity contribution is 5.84. The Labute approximate surface area is 216 Å². The molecule has 2 aromatic carbocycles. The largest absolute Gasteiger partial charge is 0.341 e. The number of aromatic nitrogens is 7. The molecule has 8 heteroatoms. The number of rotatable bonds is 6. The molecule has 4 heterocycles. The lowest BCUT2D eigenvalue weighted by Gasteiger charge is -2.23. The van der Waals surface area contributed by atoms with Crippen molar-refractivity contribution in [2.75, 3.05) is 13.1 Å². The molecule has 5 aromatic rings. The second kappa shape index (κ2) is 8.66. The first-order chi connectivity index (χ1) is 18.1. The van der Waals surface area contributed by atoms with Gasteiger partial charge in [0, 0.05) is 49.5 Å². The highest BCUT2D eigenvalue weighted by Crippen LogP contribution is 2.45. The van der Waals surface area contributed by atoms with E-state index in [4.69, 9.17) is 15.1 Å². The number of hydrogen-bond acceptors (Lipinski definition) is 5. The van der Waals surface area contributed by atoms with Crippen LogP contribution in [0, 0.1) is 6.92 Å². The number of imidazole rings is 1. The molecule has 2 N–H and O–H groups in total. The Kier molecular flexibility index (Phi) is 5.25. The maximum absolute atomic E-state index is 4.98. The lowest BCUT2D eigenvalue weighted by molar-refractivity contribution is 0.264. The molecule has 8 nitrogen and oxygen atoms in total. The summed E-state index contributed by atoms with van der Waals surface area (Å²) in [7, 11) is 1.99. The summed E-state index contributed by atoms with van der Waals surface area (Å²) >= 11 is 0. The van der Waals surface area contributed by atoms with Crippen LogP contribution in [0.15, 0.2) is 36.5 Å². The molecule has 0 radical (unpaired) electrons. The lowest BCUT2D eigenvalue weighted by Crippen LogP contribution is -2.30. The number of benzene rings is 2. The van der Waals surface area contributed by atoms with Gasteiger partial charge in [-0.15, -0.1) is 0 Å². The zero-order valence-electron chi connectivity index (χ0n) is 21.7. The number of fused-ring (bicyclic) bond motifs is 2. The summed E-state index contributed by atoms with van der Waals surface area (Å²) in [6.07, 6.45) is 6.24. The van der Waals surface area contributed by atoms with Gasteiger partial charge in [-0.25, -0.2) is 9.97 Å². The molecule has 188 valence electrons. The van der Waals surface area contributed by atoms with Gasteiger partial charge in [0.05, 0.1) is 23.1 Å². The van der Waals surface area contributed by atoms with Crippen LogP contribution in [0.3, 0.4) is 0 Å². The normalized spacial score (nSPS) is 16.0. The van der Waals surface area contributed by atoms with Gasteiger partial charge in [0.15, 0.2) is 5.82 Å². The summed E-state index contributed by atoms with van der Waals surface area (Å²) in [6, 6.07) is 10.8. The van der Waals surface area contributed by atoms with Gasteiger partial charge in [-0.2, -0.15) is 10.2 Å².